The Hall–Kier alpha value is -8.20. The summed E-state index contributed by atoms with van der Waals surface area (Å²) in [5, 5.41) is -1.70. The van der Waals surface area contributed by atoms with E-state index >= 15 is 0 Å². The molecule has 0 atom stereocenters. The summed E-state index contributed by atoms with van der Waals surface area (Å²) >= 11 is 0. The Kier molecular flexibility index (Phi) is 3.33. The molecule has 0 amide bonds. The number of anilines is 3. The maximum Gasteiger partial charge on any atom is 0.0651 e. The van der Waals surface area contributed by atoms with E-state index in [-0.39, 0.29) is 4.90 Å². The van der Waals surface area contributed by atoms with Crippen molar-refractivity contribution in [2.45, 2.75) is 19.1 Å². The first-order valence-corrected chi connectivity index (χ1v) is 18.9. The first-order chi connectivity index (χ1) is 50.7. The molecule has 2 nitrogen and oxygen atoms in total. The normalized spacial score (nSPS) is 22.7. The second kappa shape index (κ2) is 15.6. The third-order valence-electron chi connectivity index (χ3n) is 10.1. The summed E-state index contributed by atoms with van der Waals surface area (Å²) in [4.78, 5) is 0.0468. The van der Waals surface area contributed by atoms with Gasteiger partial charge in [0.15, 0.2) is 0 Å². The minimum absolute atomic E-state index is 0.0468. The molecule has 0 aliphatic heterocycles. The lowest BCUT2D eigenvalue weighted by molar-refractivity contribution is 0.660. The molecule has 65 heavy (non-hydrogen) atoms. The molecule has 1 heterocycles. The molecule has 11 aromatic rings. The molecule has 0 radical (unpaired) electrons. The quantitative estimate of drug-likeness (QED) is 0.148. The summed E-state index contributed by atoms with van der Waals surface area (Å²) in [7, 11) is 0. The van der Waals surface area contributed by atoms with Crippen molar-refractivity contribution in [3.8, 4) is 61.3 Å². The van der Waals surface area contributed by atoms with Crippen LogP contribution in [0.4, 0.5) is 17.1 Å². The van der Waals surface area contributed by atoms with Gasteiger partial charge in [-0.05, 0) is 133 Å². The van der Waals surface area contributed by atoms with Crippen LogP contribution in [-0.2, 0) is 5.41 Å². The highest BCUT2D eigenvalue weighted by Crippen LogP contribution is 2.51. The molecule has 1 aliphatic carbocycles. The van der Waals surface area contributed by atoms with Gasteiger partial charge in [0.2, 0.25) is 0 Å². The number of fused-ring (bicyclic) bond motifs is 6. The SMILES string of the molecule is [2H]c1cc(-c2c([2H])c([2H])c([2H])c([2H])c2[2H])c(-c2c([2H])c([2H])c(N(c3c([2H])c([2H])c(-c4c([2H])c([2H])c5c(c4[2H])c4c([2H])c([2H])c([2H])c([2H])c4n5-c4c([2H])c([2H])c([2H])c(-c5c([2H])c([2H])c([2H])c([2H])c5[2H])c4[2H])c([2H])c3[2H])c3c([2H])c([2H])c4c(c3[2H])C(C([2H])([2H])[2H])(C([2H])([2H])[2H])c3c([2H])c([2H])c([2H])c([2H])c3-4)c([2H])c2[2H])c([2H])c1[2H]. The minimum Gasteiger partial charge on any atom is -0.310 e. The van der Waals surface area contributed by atoms with Gasteiger partial charge in [-0.2, -0.15) is 0 Å². The van der Waals surface area contributed by atoms with E-state index in [4.69, 9.17) is 35.6 Å². The first kappa shape index (κ1) is 13.9. The molecule has 0 saturated heterocycles. The largest absolute Gasteiger partial charge is 0.310 e. The van der Waals surface area contributed by atoms with Crippen molar-refractivity contribution in [2.24, 2.45) is 0 Å². The van der Waals surface area contributed by atoms with Gasteiger partial charge in [-0.25, -0.2) is 0 Å². The molecule has 308 valence electrons. The van der Waals surface area contributed by atoms with Crippen molar-refractivity contribution < 1.29 is 61.7 Å². The van der Waals surface area contributed by atoms with Crippen molar-refractivity contribution in [1.82, 2.24) is 4.57 Å². The first-order valence-electron chi connectivity index (χ1n) is 41.4. The number of para-hydroxylation sites is 1. The summed E-state index contributed by atoms with van der Waals surface area (Å²) in [6.45, 7) is -8.30. The molecule has 0 spiro atoms. The smallest absolute Gasteiger partial charge is 0.0651 e. The van der Waals surface area contributed by atoms with Crippen LogP contribution >= 0.6 is 0 Å². The lowest BCUT2D eigenvalue weighted by Gasteiger charge is -2.28. The van der Waals surface area contributed by atoms with Gasteiger partial charge in [0.1, 0.15) is 0 Å². The summed E-state index contributed by atoms with van der Waals surface area (Å²) in [5.41, 5.74) is -23.9. The predicted octanol–water partition coefficient (Wildman–Crippen LogP) is 17.2. The maximum absolute atomic E-state index is 10.2. The van der Waals surface area contributed by atoms with Crippen molar-refractivity contribution >= 4 is 38.9 Å². The van der Waals surface area contributed by atoms with Gasteiger partial charge in [-0.3, -0.25) is 0 Å². The summed E-state index contributed by atoms with van der Waals surface area (Å²) < 4.78 is 414. The van der Waals surface area contributed by atoms with E-state index in [9.17, 15) is 26.0 Å². The monoisotopic (exact) mass is 876 g/mol. The molecule has 0 bridgehead atoms. The molecule has 0 saturated carbocycles. The lowest BCUT2D eigenvalue weighted by atomic mass is 9.82. The van der Waals surface area contributed by atoms with Gasteiger partial charge in [-0.1, -0.05) is 189 Å². The molecule has 0 unspecified atom stereocenters. The van der Waals surface area contributed by atoms with Crippen molar-refractivity contribution in [2.75, 3.05) is 4.90 Å². The maximum atomic E-state index is 10.2. The molecule has 12 rings (SSSR count). The third-order valence-corrected chi connectivity index (χ3v) is 10.1. The van der Waals surface area contributed by atoms with Crippen molar-refractivity contribution in [1.29, 1.82) is 0 Å². The van der Waals surface area contributed by atoms with Crippen molar-refractivity contribution in [3.63, 3.8) is 0 Å². The standard InChI is InChI=1S/C63H46N2/c1-63(2)59-26-13-11-24-55(59)56-38-37-52(42-60(56)63)64(50-35-30-46(31-36-50)54-23-10-9-22-53(54)45-18-7-4-8-19-45)49-33-28-44(29-34-49)48-32-39-62-58(41-48)57-25-12-14-27-61(57)65(62)51-21-15-20-47(40-51)43-16-5-3-6-17-43/h3-42H,1-2H3/i1D3,2D3,3D,4D,5D,6D,7D,8D,9D,10D,11D,12D,13D,14D,15D,16D,17D,18D,19D,20D,21D,23D,24D,25D,26D,27D,28D,29D,30D,31D,32D,33D,34D,35D,36D,37D,38D,39D,40D,41D,42D. The Morgan fingerprint density at radius 2 is 0.923 bits per heavy atom. The average molecular weight is 876 g/mol. The van der Waals surface area contributed by atoms with E-state index in [2.05, 4.69) is 0 Å². The number of rotatable bonds is 8. The number of aromatic nitrogens is 1. The number of benzene rings is 10. The molecule has 0 fully saturated rings. The highest BCUT2D eigenvalue weighted by molar-refractivity contribution is 6.10. The van der Waals surface area contributed by atoms with Crippen molar-refractivity contribution in [3.05, 3.63) is 253 Å². The average Bonchev–Trinajstić information content (AvgIpc) is 1.47. The molecular weight excluding hydrogens is 785 g/mol. The van der Waals surface area contributed by atoms with E-state index in [0.29, 0.717) is 10.6 Å². The van der Waals surface area contributed by atoms with Crippen LogP contribution < -0.4 is 4.90 Å². The van der Waals surface area contributed by atoms with Gasteiger partial charge in [-0.15, -0.1) is 0 Å². The van der Waals surface area contributed by atoms with Gasteiger partial charge in [0, 0.05) is 47.2 Å². The Balaban J connectivity index is 1.25. The predicted molar refractivity (Wildman–Crippen MR) is 275 cm³/mol. The van der Waals surface area contributed by atoms with Crippen LogP contribution in [0.5, 0.6) is 0 Å². The molecule has 0 N–H and O–H groups in total. The van der Waals surface area contributed by atoms with Crippen LogP contribution in [0.3, 0.4) is 0 Å². The molecule has 1 aromatic heterocycles. The zero-order valence-electron chi connectivity index (χ0n) is 77.5. The van der Waals surface area contributed by atoms with Gasteiger partial charge in [0.25, 0.3) is 0 Å². The van der Waals surface area contributed by atoms with Crippen LogP contribution in [-0.4, -0.2) is 4.57 Å². The van der Waals surface area contributed by atoms with Gasteiger partial charge >= 0.3 is 0 Å². The summed E-state index contributed by atoms with van der Waals surface area (Å²) in [6.07, 6.45) is 0. The van der Waals surface area contributed by atoms with Gasteiger partial charge in [0.05, 0.1) is 64.5 Å². The van der Waals surface area contributed by atoms with Gasteiger partial charge < -0.3 is 9.47 Å². The highest BCUT2D eigenvalue weighted by atomic mass is 15.1. The Labute approximate surface area is 444 Å². The van der Waals surface area contributed by atoms with Crippen LogP contribution in [0.2, 0.25) is 0 Å². The van der Waals surface area contributed by atoms with E-state index in [1.54, 1.807) is 0 Å². The zero-order valence-corrected chi connectivity index (χ0v) is 32.5. The number of hydrogen-bond acceptors (Lipinski definition) is 1. The Morgan fingerprint density at radius 1 is 0.369 bits per heavy atom. The Morgan fingerprint density at radius 3 is 1.71 bits per heavy atom. The number of hydrogen-bond donors (Lipinski definition) is 0. The number of nitrogens with zero attached hydrogens (tertiary/aromatic N) is 2. The van der Waals surface area contributed by atoms with Crippen LogP contribution in [0.1, 0.15) is 86.5 Å². The fourth-order valence-electron chi connectivity index (χ4n) is 7.24. The van der Waals surface area contributed by atoms with E-state index in [1.165, 1.54) is 0 Å². The van der Waals surface area contributed by atoms with E-state index < -0.39 is 366 Å². The second-order valence-corrected chi connectivity index (χ2v) is 13.8. The van der Waals surface area contributed by atoms with Crippen LogP contribution in [0, 0.1) is 0 Å². The summed E-state index contributed by atoms with van der Waals surface area (Å²) in [5.74, 6) is 0. The third kappa shape index (κ3) is 6.57. The second-order valence-electron chi connectivity index (χ2n) is 13.8. The van der Waals surface area contributed by atoms with E-state index in [1.807, 2.05) is 0 Å². The molecular formula is C63H46N2. The fraction of sp³-hybridized carbons (Fsp3) is 0.0476. The zero-order chi connectivity index (χ0) is 82.4. The molecule has 10 aromatic carbocycles. The highest BCUT2D eigenvalue weighted by Gasteiger charge is 2.35. The van der Waals surface area contributed by atoms with Crippen LogP contribution in [0.25, 0.3) is 83.1 Å². The van der Waals surface area contributed by atoms with E-state index in [0.717, 1.165) is 0 Å². The molecule has 1 aliphatic rings. The minimum atomic E-state index is -4.15. The fourth-order valence-corrected chi connectivity index (χ4v) is 7.24. The Bertz CT molecular complexity index is 5990. The summed E-state index contributed by atoms with van der Waals surface area (Å²) in [6, 6.07) is -46.7. The topological polar surface area (TPSA) is 8.17 Å². The van der Waals surface area contributed by atoms with Crippen LogP contribution in [0.15, 0.2) is 242 Å². The molecule has 2 heteroatoms. The lowest BCUT2D eigenvalue weighted by Crippen LogP contribution is -2.16.